The van der Waals surface area contributed by atoms with E-state index in [2.05, 4.69) is 15.9 Å². The van der Waals surface area contributed by atoms with Gasteiger partial charge in [0, 0.05) is 48.2 Å². The molecule has 1 aromatic rings. The van der Waals surface area contributed by atoms with Crippen LogP contribution in [0.2, 0.25) is 0 Å². The van der Waals surface area contributed by atoms with E-state index in [9.17, 15) is 9.59 Å². The summed E-state index contributed by atoms with van der Waals surface area (Å²) in [5.74, 6) is 0.910. The fourth-order valence-electron chi connectivity index (χ4n) is 3.49. The monoisotopic (exact) mass is 436 g/mol. The summed E-state index contributed by atoms with van der Waals surface area (Å²) >= 11 is 3.43. The van der Waals surface area contributed by atoms with Crippen molar-refractivity contribution in [3.05, 3.63) is 34.3 Å². The Morgan fingerprint density at radius 2 is 1.85 bits per heavy atom. The molecule has 2 fully saturated rings. The molecule has 0 N–H and O–H groups in total. The van der Waals surface area contributed by atoms with Crippen LogP contribution in [0.3, 0.4) is 0 Å². The molecule has 0 radical (unpaired) electrons. The van der Waals surface area contributed by atoms with E-state index < -0.39 is 0 Å². The molecular formula is C20H25BrN2O4. The Morgan fingerprint density at radius 3 is 2.52 bits per heavy atom. The highest BCUT2D eigenvalue weighted by Gasteiger charge is 2.30. The van der Waals surface area contributed by atoms with Crippen molar-refractivity contribution in [2.24, 2.45) is 5.92 Å². The Kier molecular flexibility index (Phi) is 6.90. The summed E-state index contributed by atoms with van der Waals surface area (Å²) in [5, 5.41) is 0. The molecule has 0 unspecified atom stereocenters. The van der Waals surface area contributed by atoms with Crippen LogP contribution in [-0.4, -0.2) is 68.1 Å². The van der Waals surface area contributed by atoms with Gasteiger partial charge in [0.05, 0.1) is 20.3 Å². The number of likely N-dealkylation sites (tertiary alicyclic amines) is 1. The van der Waals surface area contributed by atoms with E-state index >= 15 is 0 Å². The van der Waals surface area contributed by atoms with Gasteiger partial charge >= 0.3 is 0 Å². The summed E-state index contributed by atoms with van der Waals surface area (Å²) in [6, 6.07) is 5.67. The van der Waals surface area contributed by atoms with E-state index in [1.165, 1.54) is 0 Å². The maximum absolute atomic E-state index is 12.6. The van der Waals surface area contributed by atoms with Crippen LogP contribution >= 0.6 is 15.9 Å². The topological polar surface area (TPSA) is 59.1 Å². The first-order valence-corrected chi connectivity index (χ1v) is 10.0. The zero-order chi connectivity index (χ0) is 19.2. The lowest BCUT2D eigenvalue weighted by molar-refractivity contribution is -0.142. The number of carbonyl (C=O) groups is 2. The van der Waals surface area contributed by atoms with Gasteiger partial charge in [-0.15, -0.1) is 0 Å². The lowest BCUT2D eigenvalue weighted by atomic mass is 9.95. The summed E-state index contributed by atoms with van der Waals surface area (Å²) in [4.78, 5) is 28.8. The highest BCUT2D eigenvalue weighted by Crippen LogP contribution is 2.25. The first-order valence-electron chi connectivity index (χ1n) is 9.25. The highest BCUT2D eigenvalue weighted by molar-refractivity contribution is 9.10. The molecule has 2 aliphatic rings. The number of amides is 2. The van der Waals surface area contributed by atoms with E-state index in [4.69, 9.17) is 9.47 Å². The van der Waals surface area contributed by atoms with Crippen LogP contribution in [0, 0.1) is 5.92 Å². The number of carbonyl (C=O) groups excluding carboxylic acids is 2. The van der Waals surface area contributed by atoms with E-state index in [1.54, 1.807) is 19.3 Å². The summed E-state index contributed by atoms with van der Waals surface area (Å²) in [5.41, 5.74) is 0.845. The number of piperidine rings is 1. The van der Waals surface area contributed by atoms with Gasteiger partial charge in [-0.05, 0) is 37.1 Å². The second-order valence-electron chi connectivity index (χ2n) is 6.76. The van der Waals surface area contributed by atoms with Gasteiger partial charge in [0.1, 0.15) is 5.75 Å². The van der Waals surface area contributed by atoms with Gasteiger partial charge < -0.3 is 19.3 Å². The standard InChI is InChI=1S/C20H25BrN2O4/c1-26-18-4-3-17(21)14-16(18)2-5-19(24)22-8-6-15(7-9-22)20(25)23-10-12-27-13-11-23/h2-5,14-15H,6-13H2,1H3/b5-2+. The van der Waals surface area contributed by atoms with Crippen molar-refractivity contribution < 1.29 is 19.1 Å². The third-order valence-electron chi connectivity index (χ3n) is 5.08. The third kappa shape index (κ3) is 5.11. The number of morpholine rings is 1. The summed E-state index contributed by atoms with van der Waals surface area (Å²) in [6.45, 7) is 3.81. The minimum absolute atomic E-state index is 0.0151. The molecule has 0 bridgehead atoms. The van der Waals surface area contributed by atoms with Crippen LogP contribution in [-0.2, 0) is 14.3 Å². The van der Waals surface area contributed by atoms with Gasteiger partial charge in [0.25, 0.3) is 0 Å². The normalized spacial score (nSPS) is 18.7. The number of ether oxygens (including phenoxy) is 2. The molecule has 0 aliphatic carbocycles. The SMILES string of the molecule is COc1ccc(Br)cc1/C=C/C(=O)N1CCC(C(=O)N2CCOCC2)CC1. The van der Waals surface area contributed by atoms with Crippen molar-refractivity contribution in [3.63, 3.8) is 0 Å². The molecule has 27 heavy (non-hydrogen) atoms. The molecule has 7 heteroatoms. The Morgan fingerprint density at radius 1 is 1.15 bits per heavy atom. The largest absolute Gasteiger partial charge is 0.496 e. The Balaban J connectivity index is 1.54. The number of hydrogen-bond acceptors (Lipinski definition) is 4. The molecule has 6 nitrogen and oxygen atoms in total. The molecule has 0 aromatic heterocycles. The van der Waals surface area contributed by atoms with E-state index in [0.29, 0.717) is 39.4 Å². The maximum atomic E-state index is 12.6. The molecule has 0 atom stereocenters. The second kappa shape index (κ2) is 9.37. The number of hydrogen-bond donors (Lipinski definition) is 0. The summed E-state index contributed by atoms with van der Waals surface area (Å²) < 4.78 is 11.6. The molecule has 1 aromatic carbocycles. The molecule has 2 aliphatic heterocycles. The summed E-state index contributed by atoms with van der Waals surface area (Å²) in [7, 11) is 1.61. The minimum Gasteiger partial charge on any atom is -0.496 e. The fraction of sp³-hybridized carbons (Fsp3) is 0.500. The van der Waals surface area contributed by atoms with Crippen molar-refractivity contribution in [2.75, 3.05) is 46.5 Å². The molecule has 3 rings (SSSR count). The van der Waals surface area contributed by atoms with Crippen LogP contribution in [0.25, 0.3) is 6.08 Å². The Labute approximate surface area is 168 Å². The van der Waals surface area contributed by atoms with Crippen LogP contribution < -0.4 is 4.74 Å². The van der Waals surface area contributed by atoms with E-state index in [1.807, 2.05) is 28.0 Å². The van der Waals surface area contributed by atoms with Crippen molar-refractivity contribution in [1.82, 2.24) is 9.80 Å². The first-order chi connectivity index (χ1) is 13.1. The van der Waals surface area contributed by atoms with E-state index in [0.717, 1.165) is 28.6 Å². The number of methoxy groups -OCH3 is 1. The zero-order valence-electron chi connectivity index (χ0n) is 15.5. The molecule has 0 saturated carbocycles. The van der Waals surface area contributed by atoms with Crippen LogP contribution in [0.15, 0.2) is 28.7 Å². The highest BCUT2D eigenvalue weighted by atomic mass is 79.9. The average molecular weight is 437 g/mol. The fourth-order valence-corrected chi connectivity index (χ4v) is 3.87. The minimum atomic E-state index is -0.0331. The zero-order valence-corrected chi connectivity index (χ0v) is 17.1. The van der Waals surface area contributed by atoms with Crippen molar-refractivity contribution in [1.29, 1.82) is 0 Å². The molecule has 0 spiro atoms. The lowest BCUT2D eigenvalue weighted by Gasteiger charge is -2.35. The van der Waals surface area contributed by atoms with Crippen LogP contribution in [0.1, 0.15) is 18.4 Å². The summed E-state index contributed by atoms with van der Waals surface area (Å²) in [6.07, 6.45) is 4.79. The third-order valence-corrected chi connectivity index (χ3v) is 5.57. The van der Waals surface area contributed by atoms with E-state index in [-0.39, 0.29) is 17.7 Å². The molecule has 2 amide bonds. The maximum Gasteiger partial charge on any atom is 0.246 e. The number of rotatable bonds is 4. The van der Waals surface area contributed by atoms with Crippen molar-refractivity contribution >= 4 is 33.8 Å². The first kappa shape index (κ1) is 19.9. The smallest absolute Gasteiger partial charge is 0.246 e. The van der Waals surface area contributed by atoms with Gasteiger partial charge in [-0.25, -0.2) is 0 Å². The molecule has 2 saturated heterocycles. The molecule has 146 valence electrons. The number of halogens is 1. The van der Waals surface area contributed by atoms with Crippen molar-refractivity contribution in [3.8, 4) is 5.75 Å². The van der Waals surface area contributed by atoms with Crippen molar-refractivity contribution in [2.45, 2.75) is 12.8 Å². The van der Waals surface area contributed by atoms with Gasteiger partial charge in [-0.1, -0.05) is 15.9 Å². The Bertz CT molecular complexity index is 708. The number of nitrogens with zero attached hydrogens (tertiary/aromatic N) is 2. The van der Waals surface area contributed by atoms with Crippen LogP contribution in [0.4, 0.5) is 0 Å². The predicted molar refractivity (Wildman–Crippen MR) is 106 cm³/mol. The molecular weight excluding hydrogens is 412 g/mol. The van der Waals surface area contributed by atoms with Gasteiger partial charge in [-0.3, -0.25) is 9.59 Å². The Hall–Kier alpha value is -1.86. The number of benzene rings is 1. The second-order valence-corrected chi connectivity index (χ2v) is 7.67. The van der Waals surface area contributed by atoms with Gasteiger partial charge in [-0.2, -0.15) is 0 Å². The molecule has 2 heterocycles. The quantitative estimate of drug-likeness (QED) is 0.680. The lowest BCUT2D eigenvalue weighted by Crippen LogP contribution is -2.47. The van der Waals surface area contributed by atoms with Gasteiger partial charge in [0.2, 0.25) is 11.8 Å². The predicted octanol–water partition coefficient (Wildman–Crippen LogP) is 2.57. The van der Waals surface area contributed by atoms with Crippen LogP contribution in [0.5, 0.6) is 5.75 Å². The average Bonchev–Trinajstić information content (AvgIpc) is 2.72. The van der Waals surface area contributed by atoms with Gasteiger partial charge in [0.15, 0.2) is 0 Å².